The number of methoxy groups -OCH3 is 2. The van der Waals surface area contributed by atoms with Crippen LogP contribution in [0.2, 0.25) is 0 Å². The smallest absolute Gasteiger partial charge is 0.278 e. The first-order valence-corrected chi connectivity index (χ1v) is 18.9. The molecule has 59 heavy (non-hydrogen) atoms. The number of benzene rings is 2. The van der Waals surface area contributed by atoms with Crippen LogP contribution in [0.3, 0.4) is 0 Å². The molecule has 0 spiro atoms. The monoisotopic (exact) mass is 808 g/mol. The molecule has 4 heterocycles. The number of anilines is 4. The van der Waals surface area contributed by atoms with Gasteiger partial charge in [-0.2, -0.15) is 10.2 Å². The fraction of sp³-hybridized carbons (Fsp3) is 0.333. The Kier molecular flexibility index (Phi) is 12.3. The Labute approximate surface area is 338 Å². The molecule has 9 N–H and O–H groups in total. The van der Waals surface area contributed by atoms with Crippen molar-refractivity contribution >= 4 is 69.0 Å². The first-order valence-electron chi connectivity index (χ1n) is 18.9. The fourth-order valence-electron chi connectivity index (χ4n) is 6.78. The minimum absolute atomic E-state index is 0.140. The van der Waals surface area contributed by atoms with Crippen LogP contribution in [0.1, 0.15) is 73.3 Å². The number of hydrogen-bond donors (Lipinski definition) is 6. The Balaban J connectivity index is 1.42. The number of carbonyl (C=O) groups is 4. The third-order valence-corrected chi connectivity index (χ3v) is 9.59. The van der Waals surface area contributed by atoms with Gasteiger partial charge in [0.1, 0.15) is 22.7 Å². The van der Waals surface area contributed by atoms with Crippen LogP contribution in [0, 0.1) is 13.8 Å². The molecule has 20 heteroatoms. The third kappa shape index (κ3) is 8.42. The van der Waals surface area contributed by atoms with Crippen molar-refractivity contribution in [3.05, 3.63) is 76.4 Å². The van der Waals surface area contributed by atoms with E-state index in [9.17, 15) is 19.2 Å². The Bertz CT molecular complexity index is 2610. The molecule has 0 saturated heterocycles. The van der Waals surface area contributed by atoms with E-state index in [2.05, 4.69) is 31.1 Å². The Morgan fingerprint density at radius 1 is 0.780 bits per heavy atom. The number of nitrogens with one attached hydrogen (secondary N) is 3. The van der Waals surface area contributed by atoms with Crippen LogP contribution in [-0.4, -0.2) is 89.7 Å². The van der Waals surface area contributed by atoms with E-state index in [0.717, 1.165) is 0 Å². The molecule has 6 rings (SSSR count). The van der Waals surface area contributed by atoms with E-state index in [1.165, 1.54) is 23.9 Å². The molecule has 6 aromatic rings. The van der Waals surface area contributed by atoms with Gasteiger partial charge in [-0.25, -0.2) is 9.97 Å². The highest BCUT2D eigenvalue weighted by atomic mass is 16.5. The zero-order valence-electron chi connectivity index (χ0n) is 33.8. The standard InChI is InChI=1S/C39H48N14O6/c1-7-52-28(16-21(3)48-52)36(56)46-38-44-26-18-23(34(41)54)17-25(43-12-11-15-58-5)31(26)50(38)13-9-10-14-51-32-27(19-24(35(42)55)20-29(32)59-6)45-39(51)47-37(57)33-30(40)22(4)49-53(33)8-2/h9-10,16-20,43H,7-8,11-15,40H2,1-6H3,(H2,41,54)(H2,42,55)(H,44,46,56)(H,45,47,57)/b10-9+. The molecule has 0 unspecified atom stereocenters. The van der Waals surface area contributed by atoms with Crippen molar-refractivity contribution in [2.24, 2.45) is 11.5 Å². The summed E-state index contributed by atoms with van der Waals surface area (Å²) in [7, 11) is 3.07. The largest absolute Gasteiger partial charge is 0.494 e. The number of ether oxygens (including phenoxy) is 2. The van der Waals surface area contributed by atoms with Crippen LogP contribution in [0.15, 0.2) is 42.5 Å². The lowest BCUT2D eigenvalue weighted by Crippen LogP contribution is -2.21. The van der Waals surface area contributed by atoms with E-state index in [4.69, 9.17) is 31.7 Å². The molecular formula is C39H48N14O6. The zero-order valence-corrected chi connectivity index (χ0v) is 33.8. The third-order valence-electron chi connectivity index (χ3n) is 9.59. The van der Waals surface area contributed by atoms with E-state index in [-0.39, 0.29) is 47.5 Å². The van der Waals surface area contributed by atoms with Gasteiger partial charge in [0.15, 0.2) is 0 Å². The molecule has 0 radical (unpaired) electrons. The van der Waals surface area contributed by atoms with Gasteiger partial charge in [0, 0.05) is 57.6 Å². The summed E-state index contributed by atoms with van der Waals surface area (Å²) in [6, 6.07) is 7.94. The van der Waals surface area contributed by atoms with E-state index in [1.54, 1.807) is 53.0 Å². The molecule has 0 atom stereocenters. The number of rotatable bonds is 18. The van der Waals surface area contributed by atoms with Gasteiger partial charge in [-0.05, 0) is 64.4 Å². The van der Waals surface area contributed by atoms with Crippen LogP contribution < -0.4 is 37.9 Å². The average Bonchev–Trinajstić information content (AvgIpc) is 3.95. The van der Waals surface area contributed by atoms with Crippen LogP contribution in [0.5, 0.6) is 5.75 Å². The molecule has 4 amide bonds. The summed E-state index contributed by atoms with van der Waals surface area (Å²) >= 11 is 0. The summed E-state index contributed by atoms with van der Waals surface area (Å²) in [4.78, 5) is 61.5. The molecule has 0 saturated carbocycles. The number of nitrogen functional groups attached to an aromatic ring is 1. The summed E-state index contributed by atoms with van der Waals surface area (Å²) in [5.74, 6) is -1.63. The maximum Gasteiger partial charge on any atom is 0.278 e. The van der Waals surface area contributed by atoms with E-state index >= 15 is 0 Å². The number of fused-ring (bicyclic) bond motifs is 2. The lowest BCUT2D eigenvalue weighted by atomic mass is 10.1. The van der Waals surface area contributed by atoms with E-state index in [1.807, 2.05) is 26.0 Å². The minimum Gasteiger partial charge on any atom is -0.494 e. The Hall–Kier alpha value is -7.22. The first kappa shape index (κ1) is 41.4. The highest BCUT2D eigenvalue weighted by molar-refractivity contribution is 6.08. The molecule has 2 aromatic carbocycles. The van der Waals surface area contributed by atoms with Gasteiger partial charge in [-0.3, -0.25) is 39.2 Å². The predicted octanol–water partition coefficient (Wildman–Crippen LogP) is 3.43. The number of aromatic nitrogens is 8. The van der Waals surface area contributed by atoms with Crippen LogP contribution >= 0.6 is 0 Å². The molecule has 0 fully saturated rings. The molecule has 0 aliphatic rings. The zero-order chi connectivity index (χ0) is 42.5. The van der Waals surface area contributed by atoms with Crippen LogP contribution in [-0.2, 0) is 30.9 Å². The van der Waals surface area contributed by atoms with Crippen molar-refractivity contribution in [1.29, 1.82) is 0 Å². The Morgan fingerprint density at radius 2 is 1.37 bits per heavy atom. The highest BCUT2D eigenvalue weighted by Gasteiger charge is 2.25. The maximum absolute atomic E-state index is 13.8. The SMILES string of the molecule is CCn1nc(C)cc1C(=O)Nc1nc2cc(C(N)=O)cc(NCCCOC)c2n1C/C=C/Cn1c(NC(=O)c2c(N)c(C)nn2CC)nc2cc(C(N)=O)cc(OC)c21. The average molecular weight is 809 g/mol. The van der Waals surface area contributed by atoms with Crippen molar-refractivity contribution in [2.75, 3.05) is 49.1 Å². The van der Waals surface area contributed by atoms with Gasteiger partial charge in [0.05, 0.1) is 46.4 Å². The van der Waals surface area contributed by atoms with Crippen LogP contribution in [0.4, 0.5) is 23.3 Å². The van der Waals surface area contributed by atoms with Crippen molar-refractivity contribution in [3.63, 3.8) is 0 Å². The molecule has 0 aliphatic carbocycles. The number of primary amides is 2. The predicted molar refractivity (Wildman–Crippen MR) is 223 cm³/mol. The van der Waals surface area contributed by atoms with Crippen molar-refractivity contribution in [3.8, 4) is 5.75 Å². The number of imidazole rings is 2. The lowest BCUT2D eigenvalue weighted by Gasteiger charge is -2.14. The van der Waals surface area contributed by atoms with E-state index < -0.39 is 23.6 Å². The number of hydrogen-bond acceptors (Lipinski definition) is 12. The topological polar surface area (TPSA) is 272 Å². The van der Waals surface area contributed by atoms with Gasteiger partial charge in [0.2, 0.25) is 23.7 Å². The van der Waals surface area contributed by atoms with Gasteiger partial charge in [0.25, 0.3) is 11.8 Å². The second-order valence-corrected chi connectivity index (χ2v) is 13.6. The molecule has 0 aliphatic heterocycles. The summed E-state index contributed by atoms with van der Waals surface area (Å²) in [6.07, 6.45) is 4.36. The number of allylic oxidation sites excluding steroid dienone is 2. The second kappa shape index (κ2) is 17.5. The highest BCUT2D eigenvalue weighted by Crippen LogP contribution is 2.32. The van der Waals surface area contributed by atoms with Crippen molar-refractivity contribution in [1.82, 2.24) is 38.7 Å². The molecule has 4 aromatic heterocycles. The number of amides is 4. The van der Waals surface area contributed by atoms with Gasteiger partial charge < -0.3 is 41.1 Å². The van der Waals surface area contributed by atoms with Crippen molar-refractivity contribution in [2.45, 2.75) is 60.3 Å². The number of nitrogens with two attached hydrogens (primary N) is 3. The maximum atomic E-state index is 13.8. The summed E-state index contributed by atoms with van der Waals surface area (Å²) < 4.78 is 17.5. The molecule has 20 nitrogen and oxygen atoms in total. The summed E-state index contributed by atoms with van der Waals surface area (Å²) in [6.45, 7) is 9.48. The normalized spacial score (nSPS) is 11.5. The quantitative estimate of drug-likeness (QED) is 0.0539. The van der Waals surface area contributed by atoms with Crippen molar-refractivity contribution < 1.29 is 28.7 Å². The number of carbonyl (C=O) groups excluding carboxylic acids is 4. The van der Waals surface area contributed by atoms with Gasteiger partial charge in [-0.1, -0.05) is 12.2 Å². The fourth-order valence-corrected chi connectivity index (χ4v) is 6.78. The molecule has 310 valence electrons. The van der Waals surface area contributed by atoms with Gasteiger partial charge >= 0.3 is 0 Å². The van der Waals surface area contributed by atoms with E-state index in [0.29, 0.717) is 83.2 Å². The first-order chi connectivity index (χ1) is 28.3. The summed E-state index contributed by atoms with van der Waals surface area (Å²) in [5, 5.41) is 18.0. The Morgan fingerprint density at radius 3 is 1.97 bits per heavy atom. The summed E-state index contributed by atoms with van der Waals surface area (Å²) in [5.41, 5.74) is 22.4. The second-order valence-electron chi connectivity index (χ2n) is 13.6. The molecular weight excluding hydrogens is 761 g/mol. The number of nitrogens with zero attached hydrogens (tertiary/aromatic N) is 8. The van der Waals surface area contributed by atoms with Crippen LogP contribution in [0.25, 0.3) is 22.1 Å². The number of aryl methyl sites for hydroxylation is 4. The van der Waals surface area contributed by atoms with Gasteiger partial charge in [-0.15, -0.1) is 0 Å². The minimum atomic E-state index is -0.680. The molecule has 0 bridgehead atoms. The lowest BCUT2D eigenvalue weighted by molar-refractivity contribution is 0.0992.